The van der Waals surface area contributed by atoms with Crippen LogP contribution in [0.4, 0.5) is 0 Å². The van der Waals surface area contributed by atoms with E-state index in [0.29, 0.717) is 0 Å². The van der Waals surface area contributed by atoms with Crippen LogP contribution in [0.25, 0.3) is 6.08 Å². The molecule has 1 aromatic heterocycles. The van der Waals surface area contributed by atoms with Crippen molar-refractivity contribution in [2.75, 3.05) is 0 Å². The summed E-state index contributed by atoms with van der Waals surface area (Å²) in [6, 6.07) is 0. The highest BCUT2D eigenvalue weighted by atomic mass is 16.4. The molecule has 0 unspecified atom stereocenters. The molecule has 0 fully saturated rings. The highest BCUT2D eigenvalue weighted by Crippen LogP contribution is 2.21. The third-order valence-corrected chi connectivity index (χ3v) is 2.09. The average molecular weight is 221 g/mol. The lowest BCUT2D eigenvalue weighted by molar-refractivity contribution is 0.0869. The van der Waals surface area contributed by atoms with Crippen molar-refractivity contribution in [3.05, 3.63) is 33.4 Å². The van der Waals surface area contributed by atoms with Crippen molar-refractivity contribution < 1.29 is 19.1 Å². The Balaban J connectivity index is 2.82. The van der Waals surface area contributed by atoms with Crippen LogP contribution < -0.4 is 10.7 Å². The first-order valence-corrected chi connectivity index (χ1v) is 4.44. The number of nitrogens with one attached hydrogen (secondary N) is 1. The first-order valence-electron chi connectivity index (χ1n) is 4.44. The molecule has 0 aromatic carbocycles. The van der Waals surface area contributed by atoms with Gasteiger partial charge < -0.3 is 9.52 Å². The van der Waals surface area contributed by atoms with E-state index >= 15 is 0 Å². The smallest absolute Gasteiger partial charge is 0.294 e. The van der Waals surface area contributed by atoms with Crippen LogP contribution in [0.15, 0.2) is 15.3 Å². The standard InChI is InChI=1S/C10H7NO5/c1-2-3-4-6(12)7(13)5-8(16-4)10(15)11-9(5)14/h2-3,12H,1H3,(H,11,14,15)/b3-2+. The van der Waals surface area contributed by atoms with Gasteiger partial charge in [-0.3, -0.25) is 19.7 Å². The topological polar surface area (TPSA) is 96.6 Å². The van der Waals surface area contributed by atoms with Crippen LogP contribution >= 0.6 is 0 Å². The zero-order chi connectivity index (χ0) is 11.9. The molecule has 0 saturated heterocycles. The molecule has 1 aliphatic rings. The minimum absolute atomic E-state index is 0.142. The molecule has 0 spiro atoms. The first-order chi connectivity index (χ1) is 7.56. The zero-order valence-electron chi connectivity index (χ0n) is 8.23. The van der Waals surface area contributed by atoms with Crippen molar-refractivity contribution >= 4 is 17.9 Å². The summed E-state index contributed by atoms with van der Waals surface area (Å²) in [4.78, 5) is 34.0. The lowest BCUT2D eigenvalue weighted by Gasteiger charge is -1.99. The van der Waals surface area contributed by atoms with Gasteiger partial charge in [-0.05, 0) is 13.0 Å². The summed E-state index contributed by atoms with van der Waals surface area (Å²) >= 11 is 0. The quantitative estimate of drug-likeness (QED) is 0.663. The third-order valence-electron chi connectivity index (χ3n) is 2.09. The van der Waals surface area contributed by atoms with E-state index in [9.17, 15) is 19.5 Å². The molecule has 2 rings (SSSR count). The maximum atomic E-state index is 11.6. The molecule has 6 heteroatoms. The first kappa shape index (κ1) is 10.2. The van der Waals surface area contributed by atoms with Crippen LogP contribution in [0.1, 0.15) is 33.6 Å². The molecule has 0 bridgehead atoms. The van der Waals surface area contributed by atoms with E-state index in [1.807, 2.05) is 5.32 Å². The van der Waals surface area contributed by atoms with Gasteiger partial charge in [0.2, 0.25) is 16.9 Å². The van der Waals surface area contributed by atoms with E-state index < -0.39 is 28.6 Å². The zero-order valence-corrected chi connectivity index (χ0v) is 8.23. The van der Waals surface area contributed by atoms with E-state index in [2.05, 4.69) is 0 Å². The van der Waals surface area contributed by atoms with Gasteiger partial charge in [0.05, 0.1) is 0 Å². The van der Waals surface area contributed by atoms with Crippen molar-refractivity contribution in [1.82, 2.24) is 5.32 Å². The Morgan fingerprint density at radius 2 is 1.94 bits per heavy atom. The summed E-state index contributed by atoms with van der Waals surface area (Å²) < 4.78 is 4.98. The van der Waals surface area contributed by atoms with E-state index in [4.69, 9.17) is 4.42 Å². The molecular formula is C10H7NO5. The second-order valence-corrected chi connectivity index (χ2v) is 3.13. The lowest BCUT2D eigenvalue weighted by Crippen LogP contribution is -2.22. The molecule has 2 heterocycles. The summed E-state index contributed by atoms with van der Waals surface area (Å²) in [6.45, 7) is 1.65. The SMILES string of the molecule is C/C=C/c1oc2c(c(=O)c1O)C(=O)NC2=O. The molecule has 1 aliphatic heterocycles. The number of amides is 2. The Hall–Kier alpha value is -2.37. The van der Waals surface area contributed by atoms with Crippen LogP contribution in [-0.2, 0) is 0 Å². The van der Waals surface area contributed by atoms with Gasteiger partial charge in [-0.2, -0.15) is 0 Å². The summed E-state index contributed by atoms with van der Waals surface area (Å²) in [6.07, 6.45) is 2.85. The highest BCUT2D eigenvalue weighted by molar-refractivity contribution is 6.20. The number of carbonyl (C=O) groups excluding carboxylic acids is 2. The average Bonchev–Trinajstić information content (AvgIpc) is 2.50. The molecule has 0 aliphatic carbocycles. The van der Waals surface area contributed by atoms with Crippen LogP contribution in [0.2, 0.25) is 0 Å². The fourth-order valence-electron chi connectivity index (χ4n) is 1.40. The Kier molecular flexibility index (Phi) is 2.12. The number of aromatic hydroxyl groups is 1. The van der Waals surface area contributed by atoms with E-state index in [1.54, 1.807) is 6.92 Å². The summed E-state index contributed by atoms with van der Waals surface area (Å²) in [5.41, 5.74) is -1.35. The molecule has 6 nitrogen and oxygen atoms in total. The van der Waals surface area contributed by atoms with E-state index in [1.165, 1.54) is 12.2 Å². The van der Waals surface area contributed by atoms with Gasteiger partial charge in [-0.1, -0.05) is 6.08 Å². The fourth-order valence-corrected chi connectivity index (χ4v) is 1.40. The number of hydrogen-bond acceptors (Lipinski definition) is 5. The van der Waals surface area contributed by atoms with Gasteiger partial charge in [0.25, 0.3) is 11.8 Å². The predicted octanol–water partition coefficient (Wildman–Crippen LogP) is 0.262. The maximum Gasteiger partial charge on any atom is 0.294 e. The molecule has 2 amide bonds. The Morgan fingerprint density at radius 1 is 1.25 bits per heavy atom. The van der Waals surface area contributed by atoms with Crippen LogP contribution in [0, 0.1) is 0 Å². The lowest BCUT2D eigenvalue weighted by atomic mass is 10.2. The summed E-state index contributed by atoms with van der Waals surface area (Å²) in [7, 11) is 0. The van der Waals surface area contributed by atoms with Crippen LogP contribution in [0.5, 0.6) is 5.75 Å². The normalized spacial score (nSPS) is 14.3. The van der Waals surface area contributed by atoms with E-state index in [-0.39, 0.29) is 11.5 Å². The number of rotatable bonds is 1. The van der Waals surface area contributed by atoms with E-state index in [0.717, 1.165) is 0 Å². The van der Waals surface area contributed by atoms with Crippen LogP contribution in [-0.4, -0.2) is 16.9 Å². The second-order valence-electron chi connectivity index (χ2n) is 3.13. The second kappa shape index (κ2) is 3.34. The fraction of sp³-hybridized carbons (Fsp3) is 0.100. The van der Waals surface area contributed by atoms with Gasteiger partial charge in [0.15, 0.2) is 5.76 Å². The number of carbonyl (C=O) groups is 2. The number of imide groups is 1. The van der Waals surface area contributed by atoms with Crippen LogP contribution in [0.3, 0.4) is 0 Å². The van der Waals surface area contributed by atoms with Crippen molar-refractivity contribution in [3.63, 3.8) is 0 Å². The molecule has 0 saturated carbocycles. The maximum absolute atomic E-state index is 11.6. The summed E-state index contributed by atoms with van der Waals surface area (Å²) in [5.74, 6) is -2.81. The minimum Gasteiger partial charge on any atom is -0.502 e. The Morgan fingerprint density at radius 3 is 2.56 bits per heavy atom. The van der Waals surface area contributed by atoms with Gasteiger partial charge in [0.1, 0.15) is 5.56 Å². The van der Waals surface area contributed by atoms with Gasteiger partial charge >= 0.3 is 0 Å². The molecule has 16 heavy (non-hydrogen) atoms. The Labute approximate surface area is 89.2 Å². The molecule has 2 N–H and O–H groups in total. The van der Waals surface area contributed by atoms with Gasteiger partial charge in [-0.15, -0.1) is 0 Å². The van der Waals surface area contributed by atoms with Gasteiger partial charge in [0, 0.05) is 0 Å². The molecular weight excluding hydrogens is 214 g/mol. The van der Waals surface area contributed by atoms with Crippen molar-refractivity contribution in [2.24, 2.45) is 0 Å². The Bertz CT molecular complexity index is 582. The largest absolute Gasteiger partial charge is 0.502 e. The number of allylic oxidation sites excluding steroid dienone is 1. The number of hydrogen-bond donors (Lipinski definition) is 2. The van der Waals surface area contributed by atoms with Crippen molar-refractivity contribution in [3.8, 4) is 5.75 Å². The molecule has 82 valence electrons. The van der Waals surface area contributed by atoms with Gasteiger partial charge in [-0.25, -0.2) is 0 Å². The predicted molar refractivity (Wildman–Crippen MR) is 53.1 cm³/mol. The molecule has 0 atom stereocenters. The monoisotopic (exact) mass is 221 g/mol. The number of fused-ring (bicyclic) bond motifs is 1. The molecule has 1 aromatic rings. The summed E-state index contributed by atoms with van der Waals surface area (Å²) in [5, 5.41) is 11.4. The molecule has 0 radical (unpaired) electrons. The third kappa shape index (κ3) is 1.23. The van der Waals surface area contributed by atoms with Crippen molar-refractivity contribution in [1.29, 1.82) is 0 Å². The minimum atomic E-state index is -0.905. The van der Waals surface area contributed by atoms with Crippen molar-refractivity contribution in [2.45, 2.75) is 6.92 Å². The highest BCUT2D eigenvalue weighted by Gasteiger charge is 2.34.